The Kier molecular flexibility index (Phi) is 3.33. The Balaban J connectivity index is 1.98. The van der Waals surface area contributed by atoms with Crippen LogP contribution in [-0.4, -0.2) is 5.75 Å². The van der Waals surface area contributed by atoms with Gasteiger partial charge in [0.15, 0.2) is 23.3 Å². The van der Waals surface area contributed by atoms with E-state index in [4.69, 9.17) is 0 Å². The van der Waals surface area contributed by atoms with Crippen LogP contribution in [-0.2, 0) is 0 Å². The lowest BCUT2D eigenvalue weighted by molar-refractivity contribution is 0.457. The predicted molar refractivity (Wildman–Crippen MR) is 69.8 cm³/mol. The molecule has 0 saturated heterocycles. The molecule has 0 amide bonds. The second-order valence-electron chi connectivity index (χ2n) is 4.39. The molecule has 0 bridgehead atoms. The lowest BCUT2D eigenvalue weighted by atomic mass is 10.1. The van der Waals surface area contributed by atoms with E-state index in [-0.39, 0.29) is 12.1 Å². The third-order valence-electron chi connectivity index (χ3n) is 3.13. The van der Waals surface area contributed by atoms with Gasteiger partial charge in [-0.15, -0.1) is 11.8 Å². The molecule has 1 atom stereocenters. The molecule has 1 heterocycles. The van der Waals surface area contributed by atoms with Gasteiger partial charge in [0.25, 0.3) is 0 Å². The number of rotatable bonds is 2. The number of hydrogen-bond acceptors (Lipinski definition) is 2. The Labute approximate surface area is 117 Å². The Morgan fingerprint density at radius 2 is 1.65 bits per heavy atom. The summed E-state index contributed by atoms with van der Waals surface area (Å²) in [6.45, 7) is 0. The van der Waals surface area contributed by atoms with Gasteiger partial charge in [-0.05, 0) is 11.6 Å². The largest absolute Gasteiger partial charge is 0.372 e. The van der Waals surface area contributed by atoms with E-state index in [9.17, 15) is 17.6 Å². The van der Waals surface area contributed by atoms with Gasteiger partial charge < -0.3 is 5.32 Å². The summed E-state index contributed by atoms with van der Waals surface area (Å²) in [4.78, 5) is 0.989. The molecule has 6 heteroatoms. The minimum atomic E-state index is -1.41. The van der Waals surface area contributed by atoms with E-state index in [2.05, 4.69) is 5.32 Å². The highest BCUT2D eigenvalue weighted by molar-refractivity contribution is 7.99. The topological polar surface area (TPSA) is 12.0 Å². The molecule has 1 unspecified atom stereocenters. The van der Waals surface area contributed by atoms with E-state index in [1.165, 1.54) is 11.8 Å². The van der Waals surface area contributed by atoms with E-state index >= 15 is 0 Å². The summed E-state index contributed by atoms with van der Waals surface area (Å²) in [5.41, 5.74) is 0.103. The molecule has 0 saturated carbocycles. The van der Waals surface area contributed by atoms with Gasteiger partial charge in [0, 0.05) is 16.7 Å². The average molecular weight is 299 g/mol. The third-order valence-corrected chi connectivity index (χ3v) is 4.31. The lowest BCUT2D eigenvalue weighted by Crippen LogP contribution is -2.14. The first-order valence-corrected chi connectivity index (χ1v) is 6.87. The van der Waals surface area contributed by atoms with Gasteiger partial charge in [-0.3, -0.25) is 0 Å². The molecule has 2 aromatic carbocycles. The Morgan fingerprint density at radius 3 is 2.35 bits per heavy atom. The van der Waals surface area contributed by atoms with Crippen molar-refractivity contribution in [1.29, 1.82) is 0 Å². The molecule has 2 aromatic rings. The highest BCUT2D eigenvalue weighted by Gasteiger charge is 2.26. The Bertz CT molecular complexity index is 648. The number of fused-ring (bicyclic) bond motifs is 1. The quantitative estimate of drug-likeness (QED) is 0.647. The first-order valence-electron chi connectivity index (χ1n) is 5.89. The molecule has 0 radical (unpaired) electrons. The van der Waals surface area contributed by atoms with Crippen molar-refractivity contribution >= 4 is 17.4 Å². The summed E-state index contributed by atoms with van der Waals surface area (Å²) >= 11 is 1.52. The van der Waals surface area contributed by atoms with Crippen molar-refractivity contribution in [3.63, 3.8) is 0 Å². The van der Waals surface area contributed by atoms with Gasteiger partial charge in [0.1, 0.15) is 5.69 Å². The summed E-state index contributed by atoms with van der Waals surface area (Å²) in [5, 5.41) is 2.56. The van der Waals surface area contributed by atoms with Gasteiger partial charge in [-0.2, -0.15) is 0 Å². The highest BCUT2D eigenvalue weighted by atomic mass is 32.2. The first-order chi connectivity index (χ1) is 9.58. The molecule has 1 N–H and O–H groups in total. The van der Waals surface area contributed by atoms with Gasteiger partial charge in [-0.25, -0.2) is 17.6 Å². The van der Waals surface area contributed by atoms with Crippen LogP contribution in [0.3, 0.4) is 0 Å². The zero-order valence-electron chi connectivity index (χ0n) is 10.1. The molecule has 0 aromatic heterocycles. The molecule has 1 aliphatic heterocycles. The summed E-state index contributed by atoms with van der Waals surface area (Å²) < 4.78 is 53.6. The zero-order chi connectivity index (χ0) is 14.3. The van der Waals surface area contributed by atoms with Crippen molar-refractivity contribution in [2.75, 3.05) is 11.1 Å². The molecule has 20 heavy (non-hydrogen) atoms. The van der Waals surface area contributed by atoms with Gasteiger partial charge >= 0.3 is 0 Å². The molecular weight excluding hydrogens is 290 g/mol. The van der Waals surface area contributed by atoms with Crippen molar-refractivity contribution in [3.05, 3.63) is 59.2 Å². The van der Waals surface area contributed by atoms with Gasteiger partial charge in [0.2, 0.25) is 0 Å². The number of nitrogens with one attached hydrogen (secondary N) is 1. The number of anilines is 1. The van der Waals surface area contributed by atoms with Crippen molar-refractivity contribution < 1.29 is 17.6 Å². The summed E-state index contributed by atoms with van der Waals surface area (Å²) in [6.07, 6.45) is 0. The Hall–Kier alpha value is -1.69. The minimum Gasteiger partial charge on any atom is -0.372 e. The Morgan fingerprint density at radius 1 is 1.00 bits per heavy atom. The smallest absolute Gasteiger partial charge is 0.185 e. The van der Waals surface area contributed by atoms with E-state index in [0.29, 0.717) is 5.75 Å². The molecule has 1 nitrogen and oxygen atoms in total. The van der Waals surface area contributed by atoms with Crippen molar-refractivity contribution in [2.24, 2.45) is 0 Å². The van der Waals surface area contributed by atoms with Crippen LogP contribution in [0.15, 0.2) is 35.2 Å². The fourth-order valence-electron chi connectivity index (χ4n) is 2.16. The first kappa shape index (κ1) is 13.3. The number of benzene rings is 2. The van der Waals surface area contributed by atoms with Gasteiger partial charge in [0.05, 0.1) is 6.04 Å². The summed E-state index contributed by atoms with van der Waals surface area (Å²) in [5.74, 6) is -5.09. The van der Waals surface area contributed by atoms with Crippen LogP contribution in [0.5, 0.6) is 0 Å². The molecular formula is C14H9F4NS. The molecule has 0 aliphatic carbocycles. The zero-order valence-corrected chi connectivity index (χ0v) is 10.9. The van der Waals surface area contributed by atoms with E-state index < -0.39 is 29.0 Å². The standard InChI is InChI=1S/C14H9F4NS/c15-8-5-9(16)13(18)14(12(8)17)19-10-6-20-11-4-2-1-3-7(10)11/h1-5,10,19H,6H2. The van der Waals surface area contributed by atoms with Crippen LogP contribution >= 0.6 is 11.8 Å². The minimum absolute atomic E-state index is 0.202. The SMILES string of the molecule is Fc1cc(F)c(F)c(NC2CSc3ccccc32)c1F. The second-order valence-corrected chi connectivity index (χ2v) is 5.45. The van der Waals surface area contributed by atoms with Crippen LogP contribution in [0.1, 0.15) is 11.6 Å². The average Bonchev–Trinajstić information content (AvgIpc) is 2.85. The van der Waals surface area contributed by atoms with Crippen molar-refractivity contribution in [3.8, 4) is 0 Å². The fourth-order valence-corrected chi connectivity index (χ4v) is 3.32. The maximum Gasteiger partial charge on any atom is 0.185 e. The fraction of sp³-hybridized carbons (Fsp3) is 0.143. The van der Waals surface area contributed by atoms with E-state index in [1.807, 2.05) is 18.2 Å². The van der Waals surface area contributed by atoms with Crippen LogP contribution in [0.4, 0.5) is 23.2 Å². The van der Waals surface area contributed by atoms with Crippen LogP contribution in [0.2, 0.25) is 0 Å². The van der Waals surface area contributed by atoms with E-state index in [0.717, 1.165) is 10.5 Å². The van der Waals surface area contributed by atoms with Crippen LogP contribution in [0.25, 0.3) is 0 Å². The molecule has 104 valence electrons. The van der Waals surface area contributed by atoms with Gasteiger partial charge in [-0.1, -0.05) is 18.2 Å². The number of hydrogen-bond donors (Lipinski definition) is 1. The predicted octanol–water partition coefficient (Wildman–Crippen LogP) is 4.50. The second kappa shape index (κ2) is 5.01. The summed E-state index contributed by atoms with van der Waals surface area (Å²) in [6, 6.07) is 7.18. The van der Waals surface area contributed by atoms with Crippen LogP contribution in [0, 0.1) is 23.3 Å². The molecule has 1 aliphatic rings. The monoisotopic (exact) mass is 299 g/mol. The third kappa shape index (κ3) is 2.14. The van der Waals surface area contributed by atoms with Crippen molar-refractivity contribution in [2.45, 2.75) is 10.9 Å². The molecule has 0 fully saturated rings. The van der Waals surface area contributed by atoms with E-state index in [1.54, 1.807) is 6.07 Å². The molecule has 3 rings (SSSR count). The summed E-state index contributed by atoms with van der Waals surface area (Å²) in [7, 11) is 0. The van der Waals surface area contributed by atoms with Crippen molar-refractivity contribution in [1.82, 2.24) is 0 Å². The normalized spacial score (nSPS) is 17.1. The maximum absolute atomic E-state index is 13.6. The maximum atomic E-state index is 13.6. The lowest BCUT2D eigenvalue weighted by Gasteiger charge is -2.16. The number of thioether (sulfide) groups is 1. The highest BCUT2D eigenvalue weighted by Crippen LogP contribution is 2.40. The molecule has 0 spiro atoms. The number of halogens is 4. The van der Waals surface area contributed by atoms with Crippen LogP contribution < -0.4 is 5.32 Å².